The van der Waals surface area contributed by atoms with E-state index in [1.807, 2.05) is 48.7 Å². The van der Waals surface area contributed by atoms with Crippen LogP contribution in [0, 0.1) is 24.7 Å². The number of unbranched alkanes of at least 4 members (excludes halogenated alkanes) is 2. The maximum Gasteiger partial charge on any atom is 0.404 e. The van der Waals surface area contributed by atoms with Crippen LogP contribution in [0.15, 0.2) is 65.5 Å². The van der Waals surface area contributed by atoms with Crippen molar-refractivity contribution in [3.63, 3.8) is 0 Å². The van der Waals surface area contributed by atoms with Crippen molar-refractivity contribution in [2.45, 2.75) is 37.1 Å². The lowest BCUT2D eigenvalue weighted by atomic mass is 10.1. The molecule has 0 aliphatic rings. The largest absolute Gasteiger partial charge is 0.493 e. The number of carboxylic acid groups (broad SMARTS) is 1. The molecule has 1 heterocycles. The van der Waals surface area contributed by atoms with Gasteiger partial charge in [0, 0.05) is 41.7 Å². The van der Waals surface area contributed by atoms with Gasteiger partial charge in [-0.1, -0.05) is 17.3 Å². The fraction of sp³-hybridized carbons (Fsp3) is 0.300. The SMILES string of the molecule is C#CCCCOc1cc(OCCCC#C)cc(-c2cn(Cc3cccc(SC/C(F)=C/CNC(=O)O)c3)nn2)c1. The minimum absolute atomic E-state index is 0.0728. The first kappa shape index (κ1) is 30.1. The van der Waals surface area contributed by atoms with Gasteiger partial charge in [-0.2, -0.15) is 0 Å². The van der Waals surface area contributed by atoms with E-state index in [2.05, 4.69) is 27.5 Å². The topological polar surface area (TPSA) is 98.5 Å². The molecule has 0 saturated heterocycles. The smallest absolute Gasteiger partial charge is 0.404 e. The third-order valence-corrected chi connectivity index (χ3v) is 6.39. The highest BCUT2D eigenvalue weighted by Gasteiger charge is 2.10. The highest BCUT2D eigenvalue weighted by molar-refractivity contribution is 7.99. The molecule has 0 aliphatic heterocycles. The van der Waals surface area contributed by atoms with Gasteiger partial charge < -0.3 is 19.9 Å². The number of ether oxygens (including phenoxy) is 2. The fourth-order valence-corrected chi connectivity index (χ4v) is 4.34. The molecule has 0 atom stereocenters. The summed E-state index contributed by atoms with van der Waals surface area (Å²) in [7, 11) is 0. The average Bonchev–Trinajstić information content (AvgIpc) is 3.41. The van der Waals surface area contributed by atoms with E-state index in [0.717, 1.165) is 28.9 Å². The lowest BCUT2D eigenvalue weighted by molar-refractivity contribution is 0.195. The molecule has 3 aromatic rings. The van der Waals surface area contributed by atoms with Crippen LogP contribution in [0.3, 0.4) is 0 Å². The molecule has 0 radical (unpaired) electrons. The minimum Gasteiger partial charge on any atom is -0.493 e. The van der Waals surface area contributed by atoms with Crippen LogP contribution in [0.2, 0.25) is 0 Å². The second-order valence-corrected chi connectivity index (χ2v) is 9.63. The van der Waals surface area contributed by atoms with E-state index < -0.39 is 11.9 Å². The first-order chi connectivity index (χ1) is 19.5. The van der Waals surface area contributed by atoms with Crippen LogP contribution >= 0.6 is 11.8 Å². The minimum atomic E-state index is -1.19. The summed E-state index contributed by atoms with van der Waals surface area (Å²) in [5, 5.41) is 19.3. The summed E-state index contributed by atoms with van der Waals surface area (Å²) in [4.78, 5) is 11.4. The summed E-state index contributed by atoms with van der Waals surface area (Å²) in [5.74, 6) is 6.23. The number of amides is 1. The molecule has 0 aliphatic carbocycles. The molecular formula is C30H31FN4O4S. The lowest BCUT2D eigenvalue weighted by Crippen LogP contribution is -2.20. The van der Waals surface area contributed by atoms with Gasteiger partial charge in [0.1, 0.15) is 23.0 Å². The van der Waals surface area contributed by atoms with Gasteiger partial charge in [0.15, 0.2) is 0 Å². The zero-order valence-corrected chi connectivity index (χ0v) is 22.8. The Kier molecular flexibility index (Phi) is 12.5. The predicted octanol–water partition coefficient (Wildman–Crippen LogP) is 5.79. The van der Waals surface area contributed by atoms with Gasteiger partial charge in [0.2, 0.25) is 0 Å². The zero-order chi connectivity index (χ0) is 28.6. The molecule has 40 heavy (non-hydrogen) atoms. The Balaban J connectivity index is 1.67. The number of aromatic nitrogens is 3. The van der Waals surface area contributed by atoms with Crippen molar-refractivity contribution in [3.05, 3.63) is 66.1 Å². The Labute approximate surface area is 238 Å². The Morgan fingerprint density at radius 3 is 2.45 bits per heavy atom. The van der Waals surface area contributed by atoms with Gasteiger partial charge in [-0.15, -0.1) is 41.5 Å². The molecule has 8 nitrogen and oxygen atoms in total. The van der Waals surface area contributed by atoms with Gasteiger partial charge in [0.05, 0.1) is 26.0 Å². The Bertz CT molecular complexity index is 1340. The van der Waals surface area contributed by atoms with E-state index in [4.69, 9.17) is 27.4 Å². The summed E-state index contributed by atoms with van der Waals surface area (Å²) in [5.41, 5.74) is 2.44. The number of benzene rings is 2. The molecule has 0 saturated carbocycles. The average molecular weight is 563 g/mol. The van der Waals surface area contributed by atoms with E-state index in [0.29, 0.717) is 49.8 Å². The Morgan fingerprint density at radius 1 is 1.10 bits per heavy atom. The van der Waals surface area contributed by atoms with Crippen molar-refractivity contribution in [1.29, 1.82) is 0 Å². The molecule has 1 aromatic heterocycles. The van der Waals surface area contributed by atoms with E-state index in [1.54, 1.807) is 4.68 Å². The van der Waals surface area contributed by atoms with E-state index in [9.17, 15) is 9.18 Å². The van der Waals surface area contributed by atoms with Crippen LogP contribution in [0.1, 0.15) is 31.2 Å². The number of hydrogen-bond donors (Lipinski definition) is 2. The van der Waals surface area contributed by atoms with E-state index in [-0.39, 0.29) is 12.3 Å². The van der Waals surface area contributed by atoms with Crippen LogP contribution in [0.25, 0.3) is 11.3 Å². The van der Waals surface area contributed by atoms with Crippen molar-refractivity contribution in [3.8, 4) is 47.4 Å². The van der Waals surface area contributed by atoms with Gasteiger partial charge in [-0.3, -0.25) is 0 Å². The Morgan fingerprint density at radius 2 is 1.80 bits per heavy atom. The third-order valence-electron chi connectivity index (χ3n) is 5.38. The summed E-state index contributed by atoms with van der Waals surface area (Å²) in [6, 6.07) is 13.3. The summed E-state index contributed by atoms with van der Waals surface area (Å²) in [6.07, 6.45) is 15.3. The molecule has 208 valence electrons. The third kappa shape index (κ3) is 10.8. The van der Waals surface area contributed by atoms with Crippen LogP contribution in [-0.4, -0.2) is 51.7 Å². The second kappa shape index (κ2) is 16.5. The number of carbonyl (C=O) groups is 1. The van der Waals surface area contributed by atoms with Gasteiger partial charge in [0.25, 0.3) is 0 Å². The number of hydrogen-bond acceptors (Lipinski definition) is 6. The van der Waals surface area contributed by atoms with Crippen molar-refractivity contribution in [2.75, 3.05) is 25.5 Å². The molecular weight excluding hydrogens is 531 g/mol. The zero-order valence-electron chi connectivity index (χ0n) is 22.0. The number of rotatable bonds is 16. The molecule has 0 unspecified atom stereocenters. The molecule has 2 aromatic carbocycles. The number of nitrogens with one attached hydrogen (secondary N) is 1. The normalized spacial score (nSPS) is 10.9. The Hall–Kier alpha value is -4.41. The second-order valence-electron chi connectivity index (χ2n) is 8.58. The molecule has 2 N–H and O–H groups in total. The van der Waals surface area contributed by atoms with Crippen LogP contribution in [0.4, 0.5) is 9.18 Å². The molecule has 10 heteroatoms. The van der Waals surface area contributed by atoms with E-state index >= 15 is 0 Å². The highest BCUT2D eigenvalue weighted by Crippen LogP contribution is 2.29. The van der Waals surface area contributed by atoms with Gasteiger partial charge >= 0.3 is 6.09 Å². The standard InChI is InChI=1S/C30H31FN4O4S/c1-3-5-7-14-38-26-17-24(18-27(19-26)39-15-8-6-4-2)29-21-35(34-33-29)20-23-10-9-11-28(16-23)40-22-25(31)12-13-32-30(36)37/h1-2,9-12,16-19,21,32H,5-8,13-15,20,22H2,(H,36,37)/b25-12-. The predicted molar refractivity (Wildman–Crippen MR) is 154 cm³/mol. The van der Waals surface area contributed by atoms with Crippen molar-refractivity contribution < 1.29 is 23.8 Å². The fourth-order valence-electron chi connectivity index (χ4n) is 3.50. The van der Waals surface area contributed by atoms with Crippen molar-refractivity contribution in [1.82, 2.24) is 20.3 Å². The first-order valence-electron chi connectivity index (χ1n) is 12.7. The molecule has 3 rings (SSSR count). The summed E-state index contributed by atoms with van der Waals surface area (Å²) < 4.78 is 27.5. The quantitative estimate of drug-likeness (QED) is 0.130. The maximum absolute atomic E-state index is 14.0. The van der Waals surface area contributed by atoms with Crippen LogP contribution < -0.4 is 14.8 Å². The molecule has 1 amide bonds. The number of thioether (sulfide) groups is 1. The number of halogens is 1. The molecule has 0 fully saturated rings. The molecule has 0 spiro atoms. The van der Waals surface area contributed by atoms with Gasteiger partial charge in [-0.05, 0) is 48.7 Å². The van der Waals surface area contributed by atoms with E-state index in [1.165, 1.54) is 17.8 Å². The van der Waals surface area contributed by atoms with Crippen molar-refractivity contribution in [2.24, 2.45) is 0 Å². The van der Waals surface area contributed by atoms with Crippen LogP contribution in [0.5, 0.6) is 11.5 Å². The number of nitrogens with zero attached hydrogens (tertiary/aromatic N) is 3. The van der Waals surface area contributed by atoms with Crippen molar-refractivity contribution >= 4 is 17.9 Å². The number of terminal acetylenes is 2. The summed E-state index contributed by atoms with van der Waals surface area (Å²) >= 11 is 1.32. The first-order valence-corrected chi connectivity index (χ1v) is 13.7. The highest BCUT2D eigenvalue weighted by atomic mass is 32.2. The maximum atomic E-state index is 14.0. The molecule has 0 bridgehead atoms. The monoisotopic (exact) mass is 562 g/mol. The van der Waals surface area contributed by atoms with Gasteiger partial charge in [-0.25, -0.2) is 13.9 Å². The lowest BCUT2D eigenvalue weighted by Gasteiger charge is -2.11. The summed E-state index contributed by atoms with van der Waals surface area (Å²) in [6.45, 7) is 1.38. The van der Waals surface area contributed by atoms with Crippen LogP contribution in [-0.2, 0) is 6.54 Å².